The molecule has 2 rings (SSSR count). The number of para-hydroxylation sites is 1. The Balaban J connectivity index is 0.00000312. The zero-order valence-electron chi connectivity index (χ0n) is 15.7. The molecule has 0 aliphatic rings. The van der Waals surface area contributed by atoms with Crippen LogP contribution in [0.1, 0.15) is 37.5 Å². The van der Waals surface area contributed by atoms with Crippen molar-refractivity contribution in [2.24, 2.45) is 5.92 Å². The van der Waals surface area contributed by atoms with Gasteiger partial charge in [-0.2, -0.15) is 0 Å². The molecule has 3 nitrogen and oxygen atoms in total. The van der Waals surface area contributed by atoms with E-state index in [-0.39, 0.29) is 12.4 Å². The molecule has 0 heterocycles. The second kappa shape index (κ2) is 11.0. The Hall–Kier alpha value is -1.71. The van der Waals surface area contributed by atoms with Crippen LogP contribution in [-0.2, 0) is 13.2 Å². The molecular weight excluding hydrogens is 334 g/mol. The number of aryl methyl sites for hydroxylation is 1. The van der Waals surface area contributed by atoms with Crippen molar-refractivity contribution in [2.45, 2.75) is 40.8 Å². The topological polar surface area (TPSA) is 30.5 Å². The fourth-order valence-corrected chi connectivity index (χ4v) is 2.47. The van der Waals surface area contributed by atoms with Gasteiger partial charge in [-0.05, 0) is 37.9 Å². The molecule has 0 aliphatic carbocycles. The van der Waals surface area contributed by atoms with Gasteiger partial charge < -0.3 is 14.8 Å². The molecule has 1 N–H and O–H groups in total. The molecule has 0 saturated heterocycles. The number of rotatable bonds is 9. The Morgan fingerprint density at radius 2 is 1.72 bits per heavy atom. The molecule has 0 atom stereocenters. The first-order valence-corrected chi connectivity index (χ1v) is 8.74. The van der Waals surface area contributed by atoms with E-state index in [1.54, 1.807) is 0 Å². The summed E-state index contributed by atoms with van der Waals surface area (Å²) in [5, 5.41) is 3.48. The van der Waals surface area contributed by atoms with Gasteiger partial charge in [-0.3, -0.25) is 0 Å². The van der Waals surface area contributed by atoms with Gasteiger partial charge in [-0.15, -0.1) is 12.4 Å². The van der Waals surface area contributed by atoms with Gasteiger partial charge >= 0.3 is 0 Å². The maximum atomic E-state index is 6.14. The Morgan fingerprint density at radius 1 is 1.00 bits per heavy atom. The van der Waals surface area contributed by atoms with Gasteiger partial charge in [-0.1, -0.05) is 55.8 Å². The van der Waals surface area contributed by atoms with Crippen molar-refractivity contribution in [3.63, 3.8) is 0 Å². The van der Waals surface area contributed by atoms with E-state index in [9.17, 15) is 0 Å². The molecule has 0 saturated carbocycles. The van der Waals surface area contributed by atoms with Crippen molar-refractivity contribution in [3.8, 4) is 11.5 Å². The fraction of sp³-hybridized carbons (Fsp3) is 0.429. The SMILES string of the molecule is CCOc1cccc(CNCC(C)C)c1OCc1ccc(C)cc1.Cl. The summed E-state index contributed by atoms with van der Waals surface area (Å²) >= 11 is 0. The van der Waals surface area contributed by atoms with Crippen molar-refractivity contribution in [1.29, 1.82) is 0 Å². The highest BCUT2D eigenvalue weighted by atomic mass is 35.5. The average molecular weight is 364 g/mol. The fourth-order valence-electron chi connectivity index (χ4n) is 2.47. The first-order valence-electron chi connectivity index (χ1n) is 8.74. The van der Waals surface area contributed by atoms with E-state index >= 15 is 0 Å². The van der Waals surface area contributed by atoms with Gasteiger partial charge in [-0.25, -0.2) is 0 Å². The standard InChI is InChI=1S/C21H29NO2.ClH/c1-5-23-20-8-6-7-19(14-22-13-16(2)3)21(20)24-15-18-11-9-17(4)10-12-18;/h6-12,16,22H,5,13-15H2,1-4H3;1H. The summed E-state index contributed by atoms with van der Waals surface area (Å²) in [6, 6.07) is 14.5. The van der Waals surface area contributed by atoms with E-state index in [2.05, 4.69) is 56.4 Å². The van der Waals surface area contributed by atoms with Crippen LogP contribution >= 0.6 is 12.4 Å². The first-order chi connectivity index (χ1) is 11.6. The minimum absolute atomic E-state index is 0. The zero-order chi connectivity index (χ0) is 17.4. The molecule has 0 unspecified atom stereocenters. The molecule has 0 fully saturated rings. The third-order valence-corrected chi connectivity index (χ3v) is 3.73. The van der Waals surface area contributed by atoms with E-state index in [1.165, 1.54) is 5.56 Å². The third kappa shape index (κ3) is 6.97. The van der Waals surface area contributed by atoms with Gasteiger partial charge in [0, 0.05) is 12.1 Å². The Kier molecular flexibility index (Phi) is 9.40. The van der Waals surface area contributed by atoms with Crippen LogP contribution in [0.3, 0.4) is 0 Å². The summed E-state index contributed by atoms with van der Waals surface area (Å²) < 4.78 is 11.9. The summed E-state index contributed by atoms with van der Waals surface area (Å²) in [5.74, 6) is 2.28. The maximum absolute atomic E-state index is 6.14. The van der Waals surface area contributed by atoms with Crippen LogP contribution < -0.4 is 14.8 Å². The number of nitrogens with one attached hydrogen (secondary N) is 1. The van der Waals surface area contributed by atoms with Gasteiger partial charge in [0.15, 0.2) is 11.5 Å². The minimum Gasteiger partial charge on any atom is -0.490 e. The van der Waals surface area contributed by atoms with Crippen molar-refractivity contribution < 1.29 is 9.47 Å². The Labute approximate surface area is 158 Å². The van der Waals surface area contributed by atoms with E-state index < -0.39 is 0 Å². The normalized spacial score (nSPS) is 10.4. The van der Waals surface area contributed by atoms with Crippen LogP contribution in [-0.4, -0.2) is 13.2 Å². The van der Waals surface area contributed by atoms with Crippen molar-refractivity contribution >= 4 is 12.4 Å². The third-order valence-electron chi connectivity index (χ3n) is 3.73. The molecule has 2 aromatic carbocycles. The predicted octanol–water partition coefficient (Wildman–Crippen LogP) is 5.14. The van der Waals surface area contributed by atoms with Crippen LogP contribution in [0.2, 0.25) is 0 Å². The number of ether oxygens (including phenoxy) is 2. The summed E-state index contributed by atoms with van der Waals surface area (Å²) in [5.41, 5.74) is 3.55. The lowest BCUT2D eigenvalue weighted by molar-refractivity contribution is 0.266. The first kappa shape index (κ1) is 21.3. The van der Waals surface area contributed by atoms with Gasteiger partial charge in [0.25, 0.3) is 0 Å². The highest BCUT2D eigenvalue weighted by molar-refractivity contribution is 5.85. The average Bonchev–Trinajstić information content (AvgIpc) is 2.55. The van der Waals surface area contributed by atoms with Crippen LogP contribution in [0.15, 0.2) is 42.5 Å². The largest absolute Gasteiger partial charge is 0.490 e. The molecule has 138 valence electrons. The monoisotopic (exact) mass is 363 g/mol. The Morgan fingerprint density at radius 3 is 2.36 bits per heavy atom. The summed E-state index contributed by atoms with van der Waals surface area (Å²) in [4.78, 5) is 0. The molecular formula is C21H30ClNO2. The van der Waals surface area contributed by atoms with Gasteiger partial charge in [0.05, 0.1) is 6.61 Å². The molecule has 0 radical (unpaired) electrons. The van der Waals surface area contributed by atoms with Gasteiger partial charge in [0.2, 0.25) is 0 Å². The van der Waals surface area contributed by atoms with Crippen LogP contribution in [0.5, 0.6) is 11.5 Å². The second-order valence-electron chi connectivity index (χ2n) is 6.48. The van der Waals surface area contributed by atoms with Crippen LogP contribution in [0.4, 0.5) is 0 Å². The lowest BCUT2D eigenvalue weighted by Crippen LogP contribution is -2.19. The number of benzene rings is 2. The maximum Gasteiger partial charge on any atom is 0.166 e. The van der Waals surface area contributed by atoms with E-state index in [0.29, 0.717) is 19.1 Å². The molecule has 0 amide bonds. The van der Waals surface area contributed by atoms with Crippen molar-refractivity contribution in [1.82, 2.24) is 5.32 Å². The molecule has 0 aliphatic heterocycles. The van der Waals surface area contributed by atoms with E-state index in [4.69, 9.17) is 9.47 Å². The molecule has 0 bridgehead atoms. The van der Waals surface area contributed by atoms with E-state index in [1.807, 2.05) is 19.1 Å². The lowest BCUT2D eigenvalue weighted by Gasteiger charge is -2.17. The van der Waals surface area contributed by atoms with Crippen molar-refractivity contribution in [2.75, 3.05) is 13.2 Å². The summed E-state index contributed by atoms with van der Waals surface area (Å²) in [7, 11) is 0. The molecule has 4 heteroatoms. The molecule has 0 aromatic heterocycles. The highest BCUT2D eigenvalue weighted by Gasteiger charge is 2.11. The summed E-state index contributed by atoms with van der Waals surface area (Å²) in [6.07, 6.45) is 0. The molecule has 0 spiro atoms. The zero-order valence-corrected chi connectivity index (χ0v) is 16.5. The van der Waals surface area contributed by atoms with Crippen molar-refractivity contribution in [3.05, 3.63) is 59.2 Å². The number of halogens is 1. The number of hydrogen-bond acceptors (Lipinski definition) is 3. The van der Waals surface area contributed by atoms with Gasteiger partial charge in [0.1, 0.15) is 6.61 Å². The number of hydrogen-bond donors (Lipinski definition) is 1. The minimum atomic E-state index is 0. The predicted molar refractivity (Wildman–Crippen MR) is 107 cm³/mol. The second-order valence-corrected chi connectivity index (χ2v) is 6.48. The van der Waals surface area contributed by atoms with E-state index in [0.717, 1.165) is 35.7 Å². The smallest absolute Gasteiger partial charge is 0.166 e. The molecule has 25 heavy (non-hydrogen) atoms. The quantitative estimate of drug-likeness (QED) is 0.669. The van der Waals surface area contributed by atoms with Crippen LogP contribution in [0, 0.1) is 12.8 Å². The van der Waals surface area contributed by atoms with Crippen LogP contribution in [0.25, 0.3) is 0 Å². The Bertz CT molecular complexity index is 626. The highest BCUT2D eigenvalue weighted by Crippen LogP contribution is 2.32. The summed E-state index contributed by atoms with van der Waals surface area (Å²) in [6.45, 7) is 11.4. The molecule has 2 aromatic rings. The lowest BCUT2D eigenvalue weighted by atomic mass is 10.1.